The van der Waals surface area contributed by atoms with E-state index in [9.17, 15) is 24.0 Å². The number of fused-ring (bicyclic) bond motifs is 5. The topological polar surface area (TPSA) is 283 Å². The fourth-order valence-corrected chi connectivity index (χ4v) is 7.69. The van der Waals surface area contributed by atoms with Crippen molar-refractivity contribution in [3.05, 3.63) is 94.1 Å². The van der Waals surface area contributed by atoms with Crippen LogP contribution in [0.4, 0.5) is 4.39 Å². The number of likely N-dealkylation sites (N-methyl/N-ethyl adjacent to an activating group) is 1. The van der Waals surface area contributed by atoms with Gasteiger partial charge in [-0.3, -0.25) is 24.0 Å². The lowest BCUT2D eigenvalue weighted by atomic mass is 9.86. The smallest absolute Gasteiger partial charge is 0.255 e. The summed E-state index contributed by atoms with van der Waals surface area (Å²) in [4.78, 5) is 80.6. The maximum atomic E-state index is 15.4. The molecule has 0 radical (unpaired) electrons. The van der Waals surface area contributed by atoms with Crippen LogP contribution in [-0.2, 0) is 31.0 Å². The van der Waals surface area contributed by atoms with Crippen molar-refractivity contribution in [3.8, 4) is 40.1 Å². The highest BCUT2D eigenvalue weighted by atomic mass is 19.1. The average Bonchev–Trinajstić information content (AvgIpc) is 3.28. The van der Waals surface area contributed by atoms with Crippen LogP contribution in [0.3, 0.4) is 0 Å². The lowest BCUT2D eigenvalue weighted by Crippen LogP contribution is -2.56. The molecule has 0 fully saturated rings. The van der Waals surface area contributed by atoms with Gasteiger partial charge in [-0.25, -0.2) is 14.4 Å². The highest BCUT2D eigenvalue weighted by Gasteiger charge is 2.36. The molecule has 5 amide bonds. The molecule has 18 nitrogen and oxygen atoms in total. The van der Waals surface area contributed by atoms with E-state index >= 15 is 4.39 Å². The first-order valence-electron chi connectivity index (χ1n) is 21.9. The zero-order chi connectivity index (χ0) is 49.2. The van der Waals surface area contributed by atoms with Gasteiger partial charge in [0, 0.05) is 37.7 Å². The van der Waals surface area contributed by atoms with Crippen LogP contribution in [0.2, 0.25) is 0 Å². The predicted molar refractivity (Wildman–Crippen MR) is 249 cm³/mol. The summed E-state index contributed by atoms with van der Waals surface area (Å²) in [7, 11) is 1.38. The van der Waals surface area contributed by atoms with Gasteiger partial charge in [-0.1, -0.05) is 39.0 Å². The van der Waals surface area contributed by atoms with Gasteiger partial charge in [-0.05, 0) is 92.2 Å². The Balaban J connectivity index is 1.58. The quantitative estimate of drug-likeness (QED) is 0.0845. The zero-order valence-electron chi connectivity index (χ0n) is 38.9. The van der Waals surface area contributed by atoms with Gasteiger partial charge in [-0.15, -0.1) is 0 Å². The van der Waals surface area contributed by atoms with Crippen LogP contribution in [0.1, 0.15) is 78.6 Å². The first kappa shape index (κ1) is 51.0. The SMILES string of the molecule is Cc1nc(-c2ccc(C(C)(C)C)cc2F)nc(C)c1C(=O)N[C@@H](CCN)C(=O)N(C)[C@@H]1C(=O)N[C@@H](C)C(=O)N[C@H](C(=O)NCC#N)Cc2ccc(OCCN)c(c2)-c2cc1ccc2OCCN. The summed E-state index contributed by atoms with van der Waals surface area (Å²) >= 11 is 0. The minimum atomic E-state index is -1.44. The molecule has 4 atom stereocenters. The Morgan fingerprint density at radius 2 is 1.52 bits per heavy atom. The third-order valence-electron chi connectivity index (χ3n) is 11.2. The Hall–Kier alpha value is -7.01. The van der Waals surface area contributed by atoms with Crippen LogP contribution in [0.25, 0.3) is 22.5 Å². The third kappa shape index (κ3) is 12.3. The minimum absolute atomic E-state index is 0.0139. The highest BCUT2D eigenvalue weighted by molar-refractivity contribution is 6.00. The first-order chi connectivity index (χ1) is 31.8. The summed E-state index contributed by atoms with van der Waals surface area (Å²) < 4.78 is 27.6. The summed E-state index contributed by atoms with van der Waals surface area (Å²) in [5, 5.41) is 19.8. The monoisotopic (exact) mass is 921 g/mol. The molecule has 67 heavy (non-hydrogen) atoms. The van der Waals surface area contributed by atoms with E-state index in [2.05, 4.69) is 31.2 Å². The number of aromatic nitrogens is 2. The normalized spacial score (nSPS) is 16.6. The molecule has 1 aliphatic rings. The number of aryl methyl sites for hydroxylation is 2. The number of nitrogens with one attached hydrogen (secondary N) is 4. The summed E-state index contributed by atoms with van der Waals surface area (Å²) in [6, 6.07) is 11.6. The number of halogens is 1. The second-order valence-corrected chi connectivity index (χ2v) is 17.2. The molecular formula is C48H60FN11O7. The molecule has 3 aromatic carbocycles. The molecule has 0 unspecified atom stereocenters. The van der Waals surface area contributed by atoms with E-state index < -0.39 is 59.5 Å². The second kappa shape index (κ2) is 22.5. The molecular weight excluding hydrogens is 862 g/mol. The number of rotatable bonds is 15. The number of hydrogen-bond donors (Lipinski definition) is 7. The Kier molecular flexibility index (Phi) is 17.1. The molecule has 10 N–H and O–H groups in total. The van der Waals surface area contributed by atoms with Crippen molar-refractivity contribution >= 4 is 29.5 Å². The number of benzene rings is 3. The number of carbonyl (C=O) groups excluding carboxylic acids is 5. The van der Waals surface area contributed by atoms with E-state index in [1.807, 2.05) is 26.8 Å². The number of nitrogens with two attached hydrogens (primary N) is 3. The molecule has 0 saturated carbocycles. The van der Waals surface area contributed by atoms with Gasteiger partial charge in [0.05, 0.1) is 28.6 Å². The molecule has 0 spiro atoms. The summed E-state index contributed by atoms with van der Waals surface area (Å²) in [6.45, 7) is 10.8. The molecule has 19 heteroatoms. The molecule has 0 aliphatic carbocycles. The Morgan fingerprint density at radius 3 is 2.10 bits per heavy atom. The number of nitrogens with zero attached hydrogens (tertiary/aromatic N) is 4. The molecule has 4 aromatic rings. The van der Waals surface area contributed by atoms with E-state index in [0.717, 1.165) is 10.5 Å². The van der Waals surface area contributed by atoms with Crippen LogP contribution in [-0.4, -0.2) is 109 Å². The Labute approximate surface area is 389 Å². The van der Waals surface area contributed by atoms with Crippen molar-refractivity contribution in [3.63, 3.8) is 0 Å². The first-order valence-corrected chi connectivity index (χ1v) is 21.9. The minimum Gasteiger partial charge on any atom is -0.492 e. The molecule has 0 saturated heterocycles. The van der Waals surface area contributed by atoms with Gasteiger partial charge in [0.25, 0.3) is 5.91 Å². The van der Waals surface area contributed by atoms with E-state index in [4.69, 9.17) is 31.9 Å². The Morgan fingerprint density at radius 1 is 0.896 bits per heavy atom. The standard InChI is InChI=1S/C48H60FN11O7/c1-26-40(27(2)56-42(55-26)32-11-10-31(25-35(32)49)48(4,5)6)45(63)58-36(14-15-50)47(65)60(7)41-30-9-13-39(67-21-18-53)34(24-30)33-22-29(8-12-38(33)66-20-17-52)23-37(44(62)54-19-16-51)59-43(61)28(3)57-46(41)64/h8-13,22,24-25,28,36-37,41H,14-15,17-21,23,50,52-53H2,1-7H3,(H,54,62)(H,57,64)(H,58,63)(H,59,61)/t28-,36-,37-,41-/m0/s1. The van der Waals surface area contributed by atoms with E-state index in [-0.39, 0.29) is 91.6 Å². The fourth-order valence-electron chi connectivity index (χ4n) is 7.69. The summed E-state index contributed by atoms with van der Waals surface area (Å²) in [6.07, 6.45) is -0.0641. The molecule has 2 heterocycles. The van der Waals surface area contributed by atoms with Gasteiger partial charge in [-0.2, -0.15) is 5.26 Å². The van der Waals surface area contributed by atoms with Gasteiger partial charge >= 0.3 is 0 Å². The fraction of sp³-hybridized carbons (Fsp3) is 0.417. The second-order valence-electron chi connectivity index (χ2n) is 17.2. The highest BCUT2D eigenvalue weighted by Crippen LogP contribution is 2.40. The lowest BCUT2D eigenvalue weighted by molar-refractivity contribution is -0.141. The molecule has 1 aromatic heterocycles. The molecule has 4 bridgehead atoms. The number of amides is 5. The van der Waals surface area contributed by atoms with Gasteiger partial charge in [0.1, 0.15) is 61.2 Å². The number of ether oxygens (including phenoxy) is 2. The van der Waals surface area contributed by atoms with Crippen molar-refractivity contribution in [2.24, 2.45) is 17.2 Å². The molecule has 5 rings (SSSR count). The number of carbonyl (C=O) groups is 5. The van der Waals surface area contributed by atoms with Crippen molar-refractivity contribution in [1.29, 1.82) is 5.26 Å². The maximum absolute atomic E-state index is 15.4. The van der Waals surface area contributed by atoms with Crippen molar-refractivity contribution in [1.82, 2.24) is 36.1 Å². The van der Waals surface area contributed by atoms with Gasteiger partial charge in [0.15, 0.2) is 5.82 Å². The van der Waals surface area contributed by atoms with Gasteiger partial charge in [0.2, 0.25) is 23.6 Å². The summed E-state index contributed by atoms with van der Waals surface area (Å²) in [5.41, 5.74) is 20.6. The summed E-state index contributed by atoms with van der Waals surface area (Å²) in [5.74, 6) is -3.25. The predicted octanol–water partition coefficient (Wildman–Crippen LogP) is 2.37. The molecule has 1 aliphatic heterocycles. The van der Waals surface area contributed by atoms with Crippen LogP contribution >= 0.6 is 0 Å². The zero-order valence-corrected chi connectivity index (χ0v) is 38.9. The van der Waals surface area contributed by atoms with E-state index in [0.29, 0.717) is 28.2 Å². The molecule has 356 valence electrons. The van der Waals surface area contributed by atoms with Crippen LogP contribution in [0.15, 0.2) is 54.6 Å². The van der Waals surface area contributed by atoms with Crippen LogP contribution in [0.5, 0.6) is 11.5 Å². The van der Waals surface area contributed by atoms with Crippen molar-refractivity contribution in [2.45, 2.75) is 84.0 Å². The van der Waals surface area contributed by atoms with Crippen molar-refractivity contribution < 1.29 is 37.8 Å². The third-order valence-corrected chi connectivity index (χ3v) is 11.2. The lowest BCUT2D eigenvalue weighted by Gasteiger charge is -2.32. The largest absolute Gasteiger partial charge is 0.492 e. The average molecular weight is 922 g/mol. The van der Waals surface area contributed by atoms with Crippen molar-refractivity contribution in [2.75, 3.05) is 46.4 Å². The van der Waals surface area contributed by atoms with Crippen LogP contribution < -0.4 is 47.9 Å². The van der Waals surface area contributed by atoms with E-state index in [1.54, 1.807) is 62.4 Å². The van der Waals surface area contributed by atoms with Gasteiger partial charge < -0.3 is 52.8 Å². The van der Waals surface area contributed by atoms with Crippen LogP contribution in [0, 0.1) is 31.0 Å². The van der Waals surface area contributed by atoms with E-state index in [1.165, 1.54) is 20.0 Å². The maximum Gasteiger partial charge on any atom is 0.255 e. The Bertz CT molecular complexity index is 2520. The number of hydrogen-bond acceptors (Lipinski definition) is 13. The number of nitriles is 1.